The minimum Gasteiger partial charge on any atom is -0.382 e. The van der Waals surface area contributed by atoms with Crippen LogP contribution in [-0.2, 0) is 4.74 Å². The van der Waals surface area contributed by atoms with Gasteiger partial charge in [-0.05, 0) is 0 Å². The number of imidazole rings is 1. The molecule has 6 heteroatoms. The van der Waals surface area contributed by atoms with E-state index in [1.54, 1.807) is 4.90 Å². The third kappa shape index (κ3) is 1.56. The number of nitrogens with two attached hydrogens (primary N) is 1. The number of nitrogens with zero attached hydrogens (tertiary/aromatic N) is 2. The van der Waals surface area contributed by atoms with Crippen LogP contribution in [0.15, 0.2) is 6.33 Å². The van der Waals surface area contributed by atoms with Crippen LogP contribution < -0.4 is 5.73 Å². The van der Waals surface area contributed by atoms with E-state index in [1.165, 1.54) is 6.33 Å². The number of anilines is 1. The molecule has 0 saturated carbocycles. The van der Waals surface area contributed by atoms with Gasteiger partial charge in [-0.25, -0.2) is 4.98 Å². The first-order valence-electron chi connectivity index (χ1n) is 4.45. The summed E-state index contributed by atoms with van der Waals surface area (Å²) in [4.78, 5) is 20.0. The van der Waals surface area contributed by atoms with E-state index in [0.717, 1.165) is 0 Å². The van der Waals surface area contributed by atoms with Crippen molar-refractivity contribution in [3.63, 3.8) is 0 Å². The third-order valence-corrected chi connectivity index (χ3v) is 2.18. The summed E-state index contributed by atoms with van der Waals surface area (Å²) in [5, 5.41) is 0. The van der Waals surface area contributed by atoms with Gasteiger partial charge in [0.05, 0.1) is 19.5 Å². The Balaban J connectivity index is 2.11. The normalized spacial score (nSPS) is 17.0. The molecule has 2 heterocycles. The second-order valence-corrected chi connectivity index (χ2v) is 3.07. The number of hydrogen-bond acceptors (Lipinski definition) is 4. The van der Waals surface area contributed by atoms with E-state index in [4.69, 9.17) is 10.5 Å². The molecule has 0 aliphatic carbocycles. The summed E-state index contributed by atoms with van der Waals surface area (Å²) in [7, 11) is 0. The zero-order valence-electron chi connectivity index (χ0n) is 7.69. The maximum absolute atomic E-state index is 11.8. The smallest absolute Gasteiger partial charge is 0.274 e. The van der Waals surface area contributed by atoms with Crippen LogP contribution in [0.2, 0.25) is 0 Å². The van der Waals surface area contributed by atoms with E-state index in [-0.39, 0.29) is 11.7 Å². The minimum absolute atomic E-state index is 0.108. The van der Waals surface area contributed by atoms with Crippen molar-refractivity contribution < 1.29 is 9.53 Å². The van der Waals surface area contributed by atoms with Crippen molar-refractivity contribution in [2.45, 2.75) is 0 Å². The summed E-state index contributed by atoms with van der Waals surface area (Å²) in [5.74, 6) is 0.143. The molecule has 3 N–H and O–H groups in total. The first-order chi connectivity index (χ1) is 6.79. The van der Waals surface area contributed by atoms with Gasteiger partial charge in [-0.2, -0.15) is 0 Å². The third-order valence-electron chi connectivity index (χ3n) is 2.18. The van der Waals surface area contributed by atoms with Crippen molar-refractivity contribution in [1.82, 2.24) is 14.9 Å². The van der Waals surface area contributed by atoms with Crippen molar-refractivity contribution in [1.29, 1.82) is 0 Å². The molecular formula is C8H12N4O2. The van der Waals surface area contributed by atoms with Crippen LogP contribution in [0, 0.1) is 0 Å². The number of carbonyl (C=O) groups excluding carboxylic acids is 1. The highest BCUT2D eigenvalue weighted by Gasteiger charge is 2.21. The lowest BCUT2D eigenvalue weighted by atomic mass is 10.3. The quantitative estimate of drug-likeness (QED) is 0.632. The first-order valence-corrected chi connectivity index (χ1v) is 4.45. The number of amides is 1. The Morgan fingerprint density at radius 1 is 1.57 bits per heavy atom. The van der Waals surface area contributed by atoms with Crippen molar-refractivity contribution in [3.8, 4) is 0 Å². The molecule has 6 nitrogen and oxygen atoms in total. The molecule has 1 fully saturated rings. The Labute approximate surface area is 81.1 Å². The maximum Gasteiger partial charge on any atom is 0.274 e. The number of H-pyrrole nitrogens is 1. The summed E-state index contributed by atoms with van der Waals surface area (Å²) in [6, 6.07) is 0. The fourth-order valence-electron chi connectivity index (χ4n) is 1.40. The first kappa shape index (κ1) is 9.01. The number of morpholine rings is 1. The van der Waals surface area contributed by atoms with Gasteiger partial charge in [0.25, 0.3) is 5.91 Å². The van der Waals surface area contributed by atoms with Gasteiger partial charge in [-0.15, -0.1) is 0 Å². The molecule has 0 radical (unpaired) electrons. The molecule has 0 aromatic carbocycles. The predicted molar refractivity (Wildman–Crippen MR) is 49.7 cm³/mol. The van der Waals surface area contributed by atoms with Gasteiger partial charge < -0.3 is 20.4 Å². The molecule has 1 aromatic heterocycles. The number of nitrogen functional groups attached to an aromatic ring is 1. The lowest BCUT2D eigenvalue weighted by Crippen LogP contribution is -2.41. The lowest BCUT2D eigenvalue weighted by molar-refractivity contribution is 0.0300. The van der Waals surface area contributed by atoms with E-state index >= 15 is 0 Å². The second kappa shape index (κ2) is 3.67. The molecule has 0 unspecified atom stereocenters. The Morgan fingerprint density at radius 2 is 2.29 bits per heavy atom. The van der Waals surface area contributed by atoms with Crippen LogP contribution in [0.1, 0.15) is 10.5 Å². The fourth-order valence-corrected chi connectivity index (χ4v) is 1.40. The minimum atomic E-state index is -0.108. The van der Waals surface area contributed by atoms with Crippen LogP contribution >= 0.6 is 0 Å². The van der Waals surface area contributed by atoms with Gasteiger partial charge in [0, 0.05) is 13.1 Å². The summed E-state index contributed by atoms with van der Waals surface area (Å²) in [5.41, 5.74) is 5.89. The average molecular weight is 196 g/mol. The molecule has 14 heavy (non-hydrogen) atoms. The van der Waals surface area contributed by atoms with E-state index in [9.17, 15) is 4.79 Å². The Morgan fingerprint density at radius 3 is 2.86 bits per heavy atom. The lowest BCUT2D eigenvalue weighted by Gasteiger charge is -2.26. The maximum atomic E-state index is 11.8. The predicted octanol–water partition coefficient (Wildman–Crippen LogP) is -0.536. The number of rotatable bonds is 1. The molecule has 0 atom stereocenters. The highest BCUT2D eigenvalue weighted by molar-refractivity contribution is 5.96. The molecule has 1 saturated heterocycles. The molecule has 1 aromatic rings. The van der Waals surface area contributed by atoms with Gasteiger partial charge in [0.2, 0.25) is 0 Å². The number of carbonyl (C=O) groups is 1. The average Bonchev–Trinajstić information content (AvgIpc) is 2.65. The molecule has 0 spiro atoms. The van der Waals surface area contributed by atoms with Crippen LogP contribution in [-0.4, -0.2) is 47.1 Å². The van der Waals surface area contributed by atoms with E-state index in [2.05, 4.69) is 9.97 Å². The molecule has 0 bridgehead atoms. The molecule has 1 aliphatic rings. The SMILES string of the molecule is Nc1nc[nH]c1C(=O)N1CCOCC1. The fraction of sp³-hybridized carbons (Fsp3) is 0.500. The Kier molecular flexibility index (Phi) is 2.36. The van der Waals surface area contributed by atoms with Crippen LogP contribution in [0.4, 0.5) is 5.82 Å². The summed E-state index contributed by atoms with van der Waals surface area (Å²) >= 11 is 0. The molecule has 2 rings (SSSR count). The van der Waals surface area contributed by atoms with E-state index in [1.807, 2.05) is 0 Å². The number of nitrogens with one attached hydrogen (secondary N) is 1. The van der Waals surface area contributed by atoms with Crippen LogP contribution in [0.5, 0.6) is 0 Å². The monoisotopic (exact) mass is 196 g/mol. The number of hydrogen-bond donors (Lipinski definition) is 2. The summed E-state index contributed by atoms with van der Waals surface area (Å²) in [6.07, 6.45) is 1.42. The van der Waals surface area contributed by atoms with Crippen molar-refractivity contribution in [3.05, 3.63) is 12.0 Å². The summed E-state index contributed by atoms with van der Waals surface area (Å²) in [6.45, 7) is 2.38. The zero-order valence-corrected chi connectivity index (χ0v) is 7.69. The second-order valence-electron chi connectivity index (χ2n) is 3.07. The van der Waals surface area contributed by atoms with Gasteiger partial charge in [-0.1, -0.05) is 0 Å². The van der Waals surface area contributed by atoms with Gasteiger partial charge >= 0.3 is 0 Å². The largest absolute Gasteiger partial charge is 0.382 e. The van der Waals surface area contributed by atoms with Gasteiger partial charge in [-0.3, -0.25) is 4.79 Å². The van der Waals surface area contributed by atoms with Crippen LogP contribution in [0.3, 0.4) is 0 Å². The highest BCUT2D eigenvalue weighted by Crippen LogP contribution is 2.09. The Hall–Kier alpha value is -1.56. The van der Waals surface area contributed by atoms with Crippen molar-refractivity contribution >= 4 is 11.7 Å². The van der Waals surface area contributed by atoms with E-state index < -0.39 is 0 Å². The van der Waals surface area contributed by atoms with Crippen molar-refractivity contribution in [2.24, 2.45) is 0 Å². The summed E-state index contributed by atoms with van der Waals surface area (Å²) < 4.78 is 5.15. The molecular weight excluding hydrogens is 184 g/mol. The van der Waals surface area contributed by atoms with Gasteiger partial charge in [0.1, 0.15) is 5.69 Å². The number of aromatic nitrogens is 2. The topological polar surface area (TPSA) is 84.2 Å². The highest BCUT2D eigenvalue weighted by atomic mass is 16.5. The number of aromatic amines is 1. The standard InChI is InChI=1S/C8H12N4O2/c9-7-6(10-5-11-7)8(13)12-1-3-14-4-2-12/h5H,1-4,9H2,(H,10,11). The van der Waals surface area contributed by atoms with Crippen molar-refractivity contribution in [2.75, 3.05) is 32.0 Å². The van der Waals surface area contributed by atoms with Gasteiger partial charge in [0.15, 0.2) is 5.82 Å². The molecule has 76 valence electrons. The van der Waals surface area contributed by atoms with Crippen LogP contribution in [0.25, 0.3) is 0 Å². The molecule has 1 amide bonds. The zero-order chi connectivity index (χ0) is 9.97. The number of ether oxygens (including phenoxy) is 1. The molecule has 1 aliphatic heterocycles. The van der Waals surface area contributed by atoms with E-state index in [0.29, 0.717) is 32.0 Å². The Bertz CT molecular complexity index is 330.